The van der Waals surface area contributed by atoms with Gasteiger partial charge in [0.2, 0.25) is 5.91 Å². The van der Waals surface area contributed by atoms with E-state index in [2.05, 4.69) is 19.2 Å². The Bertz CT molecular complexity index is 501. The van der Waals surface area contributed by atoms with Crippen molar-refractivity contribution in [2.75, 3.05) is 7.11 Å². The zero-order valence-corrected chi connectivity index (χ0v) is 13.1. The lowest BCUT2D eigenvalue weighted by molar-refractivity contribution is -0.119. The minimum Gasteiger partial charge on any atom is -0.495 e. The predicted molar refractivity (Wildman–Crippen MR) is 81.3 cm³/mol. The third-order valence-electron chi connectivity index (χ3n) is 3.79. The second-order valence-corrected chi connectivity index (χ2v) is 6.48. The van der Waals surface area contributed by atoms with Crippen LogP contribution in [0.2, 0.25) is 5.02 Å². The van der Waals surface area contributed by atoms with Crippen LogP contribution >= 0.6 is 11.6 Å². The Kier molecular flexibility index (Phi) is 4.59. The van der Waals surface area contributed by atoms with Gasteiger partial charge in [0, 0.05) is 12.0 Å². The molecule has 1 atom stereocenters. The zero-order valence-electron chi connectivity index (χ0n) is 12.3. The maximum Gasteiger partial charge on any atom is 0.220 e. The molecule has 110 valence electrons. The van der Waals surface area contributed by atoms with E-state index in [-0.39, 0.29) is 11.4 Å². The van der Waals surface area contributed by atoms with Gasteiger partial charge in [-0.1, -0.05) is 31.5 Å². The van der Waals surface area contributed by atoms with Gasteiger partial charge >= 0.3 is 0 Å². The summed E-state index contributed by atoms with van der Waals surface area (Å²) in [6, 6.07) is 5.85. The number of carbonyl (C=O) groups is 1. The Morgan fingerprint density at radius 1 is 1.45 bits per heavy atom. The van der Waals surface area contributed by atoms with E-state index in [9.17, 15) is 4.79 Å². The molecule has 0 aromatic heterocycles. The first-order chi connectivity index (χ1) is 9.44. The molecule has 1 heterocycles. The maximum atomic E-state index is 11.6. The number of rotatable bonds is 5. The van der Waals surface area contributed by atoms with Crippen molar-refractivity contribution in [1.29, 1.82) is 0 Å². The molecule has 1 amide bonds. The Labute approximate surface area is 125 Å². The molecule has 1 aliphatic heterocycles. The van der Waals surface area contributed by atoms with Crippen molar-refractivity contribution in [3.63, 3.8) is 0 Å². The predicted octanol–water partition coefficient (Wildman–Crippen LogP) is 3.59. The van der Waals surface area contributed by atoms with Gasteiger partial charge in [-0.25, -0.2) is 0 Å². The van der Waals surface area contributed by atoms with Crippen LogP contribution in [0.5, 0.6) is 5.75 Å². The van der Waals surface area contributed by atoms with E-state index in [1.54, 1.807) is 7.11 Å². The van der Waals surface area contributed by atoms with Crippen molar-refractivity contribution in [2.45, 2.75) is 45.1 Å². The number of carbonyl (C=O) groups excluding carboxylic acids is 1. The molecule has 0 radical (unpaired) electrons. The van der Waals surface area contributed by atoms with Crippen molar-refractivity contribution < 1.29 is 9.53 Å². The molecule has 1 aromatic carbocycles. The van der Waals surface area contributed by atoms with Gasteiger partial charge in [-0.15, -0.1) is 0 Å². The number of hydrogen-bond donors (Lipinski definition) is 1. The van der Waals surface area contributed by atoms with Gasteiger partial charge in [-0.2, -0.15) is 0 Å². The van der Waals surface area contributed by atoms with E-state index in [1.807, 2.05) is 18.2 Å². The number of hydrogen-bond acceptors (Lipinski definition) is 2. The van der Waals surface area contributed by atoms with Gasteiger partial charge in [-0.3, -0.25) is 4.79 Å². The summed E-state index contributed by atoms with van der Waals surface area (Å²) in [5.41, 5.74) is 1.02. The molecule has 4 heteroatoms. The third-order valence-corrected chi connectivity index (χ3v) is 4.09. The van der Waals surface area contributed by atoms with E-state index in [0.717, 1.165) is 24.8 Å². The quantitative estimate of drug-likeness (QED) is 0.901. The molecule has 2 rings (SSSR count). The lowest BCUT2D eigenvalue weighted by Crippen LogP contribution is -2.44. The maximum absolute atomic E-state index is 11.6. The smallest absolute Gasteiger partial charge is 0.220 e. The summed E-state index contributed by atoms with van der Waals surface area (Å²) >= 11 is 6.18. The standard InChI is InChI=1S/C16H22ClNO2/c1-11(2)9-16(7-6-15(19)18-16)10-12-4-5-14(20-3)13(17)8-12/h4-5,8,11H,6-7,9-10H2,1-3H3,(H,18,19). The Balaban J connectivity index is 2.20. The number of nitrogens with one attached hydrogen (secondary N) is 1. The first-order valence-electron chi connectivity index (χ1n) is 7.07. The van der Waals surface area contributed by atoms with Gasteiger partial charge in [0.1, 0.15) is 5.75 Å². The average molecular weight is 296 g/mol. The second kappa shape index (κ2) is 6.04. The minimum atomic E-state index is -0.122. The molecule has 3 nitrogen and oxygen atoms in total. The van der Waals surface area contributed by atoms with Crippen LogP contribution in [0, 0.1) is 5.92 Å². The molecule has 1 N–H and O–H groups in total. The van der Waals surface area contributed by atoms with Crippen LogP contribution < -0.4 is 10.1 Å². The number of methoxy groups -OCH3 is 1. The number of amides is 1. The molecule has 1 aliphatic rings. The zero-order chi connectivity index (χ0) is 14.8. The third kappa shape index (κ3) is 3.45. The fourth-order valence-corrected chi connectivity index (χ4v) is 3.40. The largest absolute Gasteiger partial charge is 0.495 e. The van der Waals surface area contributed by atoms with Gasteiger partial charge < -0.3 is 10.1 Å². The van der Waals surface area contributed by atoms with E-state index < -0.39 is 0 Å². The highest BCUT2D eigenvalue weighted by Gasteiger charge is 2.38. The first kappa shape index (κ1) is 15.2. The van der Waals surface area contributed by atoms with Crippen molar-refractivity contribution in [1.82, 2.24) is 5.32 Å². The molecule has 20 heavy (non-hydrogen) atoms. The van der Waals surface area contributed by atoms with Crippen LogP contribution in [0.15, 0.2) is 18.2 Å². The lowest BCUT2D eigenvalue weighted by atomic mass is 9.82. The van der Waals surface area contributed by atoms with Crippen LogP contribution in [0.25, 0.3) is 0 Å². The normalized spacial score (nSPS) is 22.1. The summed E-state index contributed by atoms with van der Waals surface area (Å²) in [5, 5.41) is 3.80. The SMILES string of the molecule is COc1ccc(CC2(CC(C)C)CCC(=O)N2)cc1Cl. The number of ether oxygens (including phenoxy) is 1. The highest BCUT2D eigenvalue weighted by atomic mass is 35.5. The van der Waals surface area contributed by atoms with E-state index in [1.165, 1.54) is 0 Å². The second-order valence-electron chi connectivity index (χ2n) is 6.07. The van der Waals surface area contributed by atoms with Crippen molar-refractivity contribution in [2.24, 2.45) is 5.92 Å². The fourth-order valence-electron chi connectivity index (χ4n) is 3.12. The Morgan fingerprint density at radius 3 is 2.70 bits per heavy atom. The highest BCUT2D eigenvalue weighted by molar-refractivity contribution is 6.32. The first-order valence-corrected chi connectivity index (χ1v) is 7.45. The molecule has 0 spiro atoms. The minimum absolute atomic E-state index is 0.122. The Morgan fingerprint density at radius 2 is 2.20 bits per heavy atom. The molecule has 1 unspecified atom stereocenters. The monoisotopic (exact) mass is 295 g/mol. The van der Waals surface area contributed by atoms with E-state index >= 15 is 0 Å². The summed E-state index contributed by atoms with van der Waals surface area (Å²) < 4.78 is 5.18. The molecule has 0 bridgehead atoms. The molecular formula is C16H22ClNO2. The van der Waals surface area contributed by atoms with E-state index in [4.69, 9.17) is 16.3 Å². The fraction of sp³-hybridized carbons (Fsp3) is 0.562. The van der Waals surface area contributed by atoms with Crippen LogP contribution in [0.1, 0.15) is 38.7 Å². The number of benzene rings is 1. The average Bonchev–Trinajstić information content (AvgIpc) is 2.69. The van der Waals surface area contributed by atoms with Crippen LogP contribution in [0.4, 0.5) is 0 Å². The van der Waals surface area contributed by atoms with Crippen LogP contribution in [-0.4, -0.2) is 18.6 Å². The number of halogens is 1. The summed E-state index contributed by atoms with van der Waals surface area (Å²) in [4.78, 5) is 11.6. The van der Waals surface area contributed by atoms with Crippen molar-refractivity contribution in [3.8, 4) is 5.75 Å². The van der Waals surface area contributed by atoms with Gasteiger partial charge in [0.15, 0.2) is 0 Å². The highest BCUT2D eigenvalue weighted by Crippen LogP contribution is 2.33. The van der Waals surface area contributed by atoms with Crippen molar-refractivity contribution in [3.05, 3.63) is 28.8 Å². The summed E-state index contributed by atoms with van der Waals surface area (Å²) in [6.07, 6.45) is 3.33. The molecule has 1 fully saturated rings. The van der Waals surface area contributed by atoms with Crippen molar-refractivity contribution >= 4 is 17.5 Å². The summed E-state index contributed by atoms with van der Waals surface area (Å²) in [6.45, 7) is 4.38. The molecular weight excluding hydrogens is 274 g/mol. The van der Waals surface area contributed by atoms with Crippen LogP contribution in [-0.2, 0) is 11.2 Å². The Hall–Kier alpha value is -1.22. The van der Waals surface area contributed by atoms with E-state index in [0.29, 0.717) is 23.1 Å². The molecule has 0 aliphatic carbocycles. The van der Waals surface area contributed by atoms with Gasteiger partial charge in [0.25, 0.3) is 0 Å². The van der Waals surface area contributed by atoms with Gasteiger partial charge in [0.05, 0.1) is 12.1 Å². The molecule has 1 aromatic rings. The molecule has 1 saturated heterocycles. The lowest BCUT2D eigenvalue weighted by Gasteiger charge is -2.31. The summed E-state index contributed by atoms with van der Waals surface area (Å²) in [7, 11) is 1.61. The van der Waals surface area contributed by atoms with Gasteiger partial charge in [-0.05, 0) is 42.9 Å². The summed E-state index contributed by atoms with van der Waals surface area (Å²) in [5.74, 6) is 1.39. The molecule has 0 saturated carbocycles. The topological polar surface area (TPSA) is 38.3 Å². The van der Waals surface area contributed by atoms with Crippen LogP contribution in [0.3, 0.4) is 0 Å².